The van der Waals surface area contributed by atoms with E-state index in [1.54, 1.807) is 0 Å². The number of hydrogen-bond donors (Lipinski definition) is 3. The van der Waals surface area contributed by atoms with Gasteiger partial charge in [0.1, 0.15) is 11.6 Å². The van der Waals surface area contributed by atoms with Crippen LogP contribution in [0.15, 0.2) is 36.5 Å². The first-order chi connectivity index (χ1) is 18.7. The Hall–Kier alpha value is -3.06. The maximum Gasteiger partial charge on any atom is 0.224 e. The lowest BCUT2D eigenvalue weighted by Gasteiger charge is -2.37. The summed E-state index contributed by atoms with van der Waals surface area (Å²) in [4.78, 5) is 38.1. The minimum Gasteiger partial charge on any atom is -0.346 e. The average molecular weight is 530 g/mol. The standard InChI is InChI=1S/C32H43N5O2/c1-5-24(38)9-7-6-8-10-27(37-30(39)25-18-32(25)15-16-34-31(3,4)20-32)29-33-19-28(36-29)23-13-14-26-22(17-23)12-11-21(2)35-26/h11-14,17,19,25,27,34H,5-10,15-16,18,20H2,1-4H3,(H,33,36)(H,37,39)/t25?,27-,32?/m0/s1. The van der Waals surface area contributed by atoms with E-state index < -0.39 is 0 Å². The summed E-state index contributed by atoms with van der Waals surface area (Å²) in [5.41, 5.74) is 4.17. The highest BCUT2D eigenvalue weighted by Crippen LogP contribution is 2.61. The van der Waals surface area contributed by atoms with Gasteiger partial charge in [0.25, 0.3) is 0 Å². The highest BCUT2D eigenvalue weighted by Gasteiger charge is 2.60. The molecule has 7 nitrogen and oxygen atoms in total. The van der Waals surface area contributed by atoms with Crippen LogP contribution in [0, 0.1) is 18.3 Å². The first-order valence-electron chi connectivity index (χ1n) is 14.7. The summed E-state index contributed by atoms with van der Waals surface area (Å²) in [6.07, 6.45) is 9.79. The number of H-pyrrole nitrogens is 1. The normalized spacial score (nSPS) is 22.6. The third-order valence-corrected chi connectivity index (χ3v) is 8.75. The number of amides is 1. The highest BCUT2D eigenvalue weighted by atomic mass is 16.2. The Morgan fingerprint density at radius 1 is 1.15 bits per heavy atom. The van der Waals surface area contributed by atoms with Crippen molar-refractivity contribution in [2.24, 2.45) is 11.3 Å². The minimum atomic E-state index is -0.176. The van der Waals surface area contributed by atoms with Crippen molar-refractivity contribution >= 4 is 22.6 Å². The van der Waals surface area contributed by atoms with E-state index in [-0.39, 0.29) is 28.8 Å². The smallest absolute Gasteiger partial charge is 0.224 e. The van der Waals surface area contributed by atoms with Gasteiger partial charge in [-0.25, -0.2) is 4.98 Å². The van der Waals surface area contributed by atoms with E-state index in [0.29, 0.717) is 18.6 Å². The number of unbranched alkanes of at least 4 members (excludes halogenated alkanes) is 2. The van der Waals surface area contributed by atoms with Crippen molar-refractivity contribution < 1.29 is 9.59 Å². The van der Waals surface area contributed by atoms with E-state index >= 15 is 0 Å². The van der Waals surface area contributed by atoms with Crippen LogP contribution in [0.25, 0.3) is 22.2 Å². The predicted molar refractivity (Wildman–Crippen MR) is 155 cm³/mol. The molecule has 2 aromatic heterocycles. The van der Waals surface area contributed by atoms with Crippen LogP contribution in [0.1, 0.15) is 96.1 Å². The number of nitrogens with zero attached hydrogens (tertiary/aromatic N) is 2. The largest absolute Gasteiger partial charge is 0.346 e. The van der Waals surface area contributed by atoms with Gasteiger partial charge in [-0.05, 0) is 83.0 Å². The van der Waals surface area contributed by atoms with Gasteiger partial charge in [-0.15, -0.1) is 0 Å². The number of ketones is 1. The number of Topliss-reactive ketones (excluding diaryl/α,β-unsaturated/α-hetero) is 1. The van der Waals surface area contributed by atoms with Crippen LogP contribution in [-0.4, -0.2) is 38.7 Å². The van der Waals surface area contributed by atoms with Crippen LogP contribution in [0.5, 0.6) is 0 Å². The molecule has 1 aromatic carbocycles. The number of fused-ring (bicyclic) bond motifs is 1. The molecule has 3 aromatic rings. The maximum atomic E-state index is 13.5. The molecule has 1 aliphatic heterocycles. The van der Waals surface area contributed by atoms with Gasteiger partial charge in [0.15, 0.2) is 0 Å². The van der Waals surface area contributed by atoms with Gasteiger partial charge in [-0.3, -0.25) is 14.6 Å². The first-order valence-corrected chi connectivity index (χ1v) is 14.7. The Morgan fingerprint density at radius 3 is 2.79 bits per heavy atom. The fraction of sp³-hybridized carbons (Fsp3) is 0.562. The molecule has 2 fully saturated rings. The Balaban J connectivity index is 1.29. The van der Waals surface area contributed by atoms with Crippen molar-refractivity contribution in [1.82, 2.24) is 25.6 Å². The molecule has 5 rings (SSSR count). The van der Waals surface area contributed by atoms with E-state index in [9.17, 15) is 9.59 Å². The van der Waals surface area contributed by atoms with E-state index in [4.69, 9.17) is 4.98 Å². The first kappa shape index (κ1) is 27.5. The van der Waals surface area contributed by atoms with Gasteiger partial charge in [0.05, 0.1) is 23.4 Å². The summed E-state index contributed by atoms with van der Waals surface area (Å²) >= 11 is 0. The van der Waals surface area contributed by atoms with Crippen molar-refractivity contribution in [3.05, 3.63) is 48.0 Å². The van der Waals surface area contributed by atoms with Crippen LogP contribution < -0.4 is 10.6 Å². The molecule has 1 amide bonds. The summed E-state index contributed by atoms with van der Waals surface area (Å²) in [5.74, 6) is 1.35. The van der Waals surface area contributed by atoms with Crippen molar-refractivity contribution in [2.75, 3.05) is 6.54 Å². The van der Waals surface area contributed by atoms with Crippen molar-refractivity contribution in [3.8, 4) is 11.3 Å². The number of carbonyl (C=O) groups is 2. The number of aromatic nitrogens is 3. The lowest BCUT2D eigenvalue weighted by molar-refractivity contribution is -0.124. The van der Waals surface area contributed by atoms with Crippen LogP contribution >= 0.6 is 0 Å². The van der Waals surface area contributed by atoms with Gasteiger partial charge >= 0.3 is 0 Å². The van der Waals surface area contributed by atoms with Crippen LogP contribution in [0.2, 0.25) is 0 Å². The predicted octanol–water partition coefficient (Wildman–Crippen LogP) is 6.19. The number of carbonyl (C=O) groups excluding carboxylic acids is 2. The zero-order chi connectivity index (χ0) is 27.6. The number of aryl methyl sites for hydroxylation is 1. The zero-order valence-electron chi connectivity index (χ0n) is 23.9. The third-order valence-electron chi connectivity index (χ3n) is 8.75. The van der Waals surface area contributed by atoms with Gasteiger partial charge in [-0.1, -0.05) is 31.9 Å². The van der Waals surface area contributed by atoms with Crippen LogP contribution in [0.3, 0.4) is 0 Å². The summed E-state index contributed by atoms with van der Waals surface area (Å²) < 4.78 is 0. The molecule has 0 radical (unpaired) electrons. The molecule has 2 aliphatic rings. The van der Waals surface area contributed by atoms with Crippen molar-refractivity contribution in [3.63, 3.8) is 0 Å². The number of piperidine rings is 1. The number of imidazole rings is 1. The molecular weight excluding hydrogens is 486 g/mol. The monoisotopic (exact) mass is 529 g/mol. The fourth-order valence-corrected chi connectivity index (χ4v) is 6.50. The molecule has 39 heavy (non-hydrogen) atoms. The van der Waals surface area contributed by atoms with E-state index in [0.717, 1.165) is 85.2 Å². The summed E-state index contributed by atoms with van der Waals surface area (Å²) in [6.45, 7) is 9.37. The number of aromatic amines is 1. The zero-order valence-corrected chi connectivity index (χ0v) is 23.9. The fourth-order valence-electron chi connectivity index (χ4n) is 6.50. The van der Waals surface area contributed by atoms with Gasteiger partial charge in [-0.2, -0.15) is 0 Å². The lowest BCUT2D eigenvalue weighted by atomic mass is 9.80. The average Bonchev–Trinajstić information content (AvgIpc) is 3.35. The highest BCUT2D eigenvalue weighted by molar-refractivity contribution is 5.84. The van der Waals surface area contributed by atoms with E-state index in [1.807, 2.05) is 32.2 Å². The molecule has 3 heterocycles. The van der Waals surface area contributed by atoms with E-state index in [1.165, 1.54) is 0 Å². The number of pyridine rings is 1. The summed E-state index contributed by atoms with van der Waals surface area (Å²) in [5, 5.41) is 8.05. The number of nitrogens with one attached hydrogen (secondary N) is 3. The van der Waals surface area contributed by atoms with Gasteiger partial charge < -0.3 is 15.6 Å². The molecule has 3 N–H and O–H groups in total. The molecule has 1 saturated carbocycles. The Bertz CT molecular complexity index is 1350. The van der Waals surface area contributed by atoms with Crippen molar-refractivity contribution in [1.29, 1.82) is 0 Å². The molecule has 1 aliphatic carbocycles. The van der Waals surface area contributed by atoms with Crippen LogP contribution in [-0.2, 0) is 9.59 Å². The lowest BCUT2D eigenvalue weighted by Crippen LogP contribution is -2.48. The Labute approximate surface area is 232 Å². The van der Waals surface area contributed by atoms with E-state index in [2.05, 4.69) is 52.6 Å². The molecule has 0 bridgehead atoms. The molecular formula is C32H43N5O2. The summed E-state index contributed by atoms with van der Waals surface area (Å²) in [6, 6.07) is 10.2. The maximum absolute atomic E-state index is 13.5. The second-order valence-electron chi connectivity index (χ2n) is 12.5. The summed E-state index contributed by atoms with van der Waals surface area (Å²) in [7, 11) is 0. The van der Waals surface area contributed by atoms with Crippen LogP contribution in [0.4, 0.5) is 0 Å². The third kappa shape index (κ3) is 6.40. The molecule has 1 saturated heterocycles. The second kappa shape index (κ2) is 11.2. The second-order valence-corrected chi connectivity index (χ2v) is 12.5. The quantitative estimate of drug-likeness (QED) is 0.257. The molecule has 7 heteroatoms. The Morgan fingerprint density at radius 2 is 2.00 bits per heavy atom. The number of rotatable bonds is 11. The van der Waals surface area contributed by atoms with Gasteiger partial charge in [0.2, 0.25) is 5.91 Å². The number of benzene rings is 1. The minimum absolute atomic E-state index is 0.0760. The van der Waals surface area contributed by atoms with Crippen molar-refractivity contribution in [2.45, 2.75) is 97.1 Å². The molecule has 208 valence electrons. The molecule has 3 atom stereocenters. The number of hydrogen-bond acceptors (Lipinski definition) is 5. The SMILES string of the molecule is CCC(=O)CCCCC[C@H](NC(=O)C1CC12CCNC(C)(C)C2)c1ncc(-c2ccc3nc(C)ccc3c2)[nH]1. The van der Waals surface area contributed by atoms with Gasteiger partial charge in [0, 0.05) is 40.9 Å². The topological polar surface area (TPSA) is 99.8 Å². The molecule has 1 spiro atoms. The Kier molecular flexibility index (Phi) is 7.90. The molecule has 2 unspecified atom stereocenters.